The van der Waals surface area contributed by atoms with Gasteiger partial charge in [-0.2, -0.15) is 0 Å². The maximum Gasteiger partial charge on any atom is 0.121 e. The molecule has 3 aromatic rings. The number of unbranched alkanes of at least 4 members (excludes halogenated alkanes) is 3. The molecule has 0 amide bonds. The van der Waals surface area contributed by atoms with Crippen LogP contribution < -0.4 is 5.32 Å². The molecule has 0 aliphatic carbocycles. The fourth-order valence-electron chi connectivity index (χ4n) is 3.64. The first-order valence-corrected chi connectivity index (χ1v) is 11.9. The number of aliphatic hydroxyl groups excluding tert-OH is 2. The zero-order chi connectivity index (χ0) is 21.9. The molecular formula is C25H33NO4S. The Balaban J connectivity index is 1.19. The molecule has 0 spiro atoms. The monoisotopic (exact) mass is 443 g/mol. The van der Waals surface area contributed by atoms with Gasteiger partial charge in [-0.05, 0) is 65.9 Å². The number of hydrogen-bond acceptors (Lipinski definition) is 6. The summed E-state index contributed by atoms with van der Waals surface area (Å²) >= 11 is 1.80. The van der Waals surface area contributed by atoms with Gasteiger partial charge in [-0.15, -0.1) is 11.3 Å². The minimum Gasteiger partial charge on any atom is -0.508 e. The van der Waals surface area contributed by atoms with E-state index in [0.717, 1.165) is 51.9 Å². The molecule has 1 unspecified atom stereocenters. The number of hydrogen-bond donors (Lipinski definition) is 4. The normalized spacial score (nSPS) is 12.5. The van der Waals surface area contributed by atoms with Crippen molar-refractivity contribution in [2.45, 2.75) is 44.8 Å². The number of phenolic OH excluding ortho intramolecular Hbond substituents is 1. The van der Waals surface area contributed by atoms with Crippen LogP contribution in [0.25, 0.3) is 10.1 Å². The number of phenols is 1. The Hall–Kier alpha value is -1.96. The Bertz CT molecular complexity index is 927. The summed E-state index contributed by atoms with van der Waals surface area (Å²) in [6.07, 6.45) is 4.52. The lowest BCUT2D eigenvalue weighted by atomic mass is 10.0. The third kappa shape index (κ3) is 7.30. The van der Waals surface area contributed by atoms with Crippen molar-refractivity contribution in [1.82, 2.24) is 5.32 Å². The number of thiophene rings is 1. The number of fused-ring (bicyclic) bond motifs is 1. The first-order chi connectivity index (χ1) is 15.2. The standard InChI is InChI=1S/C25H33NO4S/c27-17-19-9-10-23(28)22(15-19)24(29)16-26-12-5-1-2-6-13-30-14-11-20-18-31-25-8-4-3-7-21(20)25/h3-4,7-10,15,18,24,26-29H,1-2,5-6,11-14,16-17H2. The minimum atomic E-state index is -0.791. The Morgan fingerprint density at radius 1 is 1.00 bits per heavy atom. The van der Waals surface area contributed by atoms with E-state index in [-0.39, 0.29) is 12.4 Å². The summed E-state index contributed by atoms with van der Waals surface area (Å²) < 4.78 is 7.15. The Kier molecular flexibility index (Phi) is 9.78. The molecule has 0 aliphatic rings. The SMILES string of the molecule is OCc1ccc(O)c(C(O)CNCCCCCCOCCc2csc3ccccc23)c1. The molecule has 5 nitrogen and oxygen atoms in total. The number of benzene rings is 2. The minimum absolute atomic E-state index is 0.0543. The van der Waals surface area contributed by atoms with Gasteiger partial charge < -0.3 is 25.4 Å². The van der Waals surface area contributed by atoms with Gasteiger partial charge in [-0.25, -0.2) is 0 Å². The summed E-state index contributed by atoms with van der Waals surface area (Å²) in [6, 6.07) is 13.3. The highest BCUT2D eigenvalue weighted by Crippen LogP contribution is 2.26. The van der Waals surface area contributed by atoms with Gasteiger partial charge in [0.1, 0.15) is 5.75 Å². The topological polar surface area (TPSA) is 82.0 Å². The molecule has 3 rings (SSSR count). The molecule has 2 aromatic carbocycles. The van der Waals surface area contributed by atoms with E-state index in [0.29, 0.717) is 17.7 Å². The second-order valence-electron chi connectivity index (χ2n) is 7.80. The summed E-state index contributed by atoms with van der Waals surface area (Å²) in [4.78, 5) is 0. The molecule has 168 valence electrons. The number of aliphatic hydroxyl groups is 2. The van der Waals surface area contributed by atoms with E-state index in [1.54, 1.807) is 23.5 Å². The number of rotatable bonds is 14. The maximum absolute atomic E-state index is 10.3. The van der Waals surface area contributed by atoms with Crippen molar-refractivity contribution in [2.24, 2.45) is 0 Å². The molecule has 0 fully saturated rings. The highest BCUT2D eigenvalue weighted by atomic mass is 32.1. The Morgan fingerprint density at radius 3 is 2.71 bits per heavy atom. The van der Waals surface area contributed by atoms with Crippen LogP contribution in [0.2, 0.25) is 0 Å². The predicted molar refractivity (Wildman–Crippen MR) is 127 cm³/mol. The largest absolute Gasteiger partial charge is 0.508 e. The molecule has 6 heteroatoms. The van der Waals surface area contributed by atoms with Gasteiger partial charge in [0.25, 0.3) is 0 Å². The number of ether oxygens (including phenoxy) is 1. The van der Waals surface area contributed by atoms with E-state index in [2.05, 4.69) is 35.0 Å². The van der Waals surface area contributed by atoms with Crippen LogP contribution in [0.3, 0.4) is 0 Å². The second kappa shape index (κ2) is 12.8. The van der Waals surface area contributed by atoms with Crippen LogP contribution in [0.5, 0.6) is 5.75 Å². The molecule has 1 heterocycles. The van der Waals surface area contributed by atoms with Crippen LogP contribution in [0.4, 0.5) is 0 Å². The third-order valence-corrected chi connectivity index (χ3v) is 6.45. The average Bonchev–Trinajstić information content (AvgIpc) is 3.20. The zero-order valence-electron chi connectivity index (χ0n) is 17.9. The lowest BCUT2D eigenvalue weighted by Gasteiger charge is -2.14. The smallest absolute Gasteiger partial charge is 0.121 e. The zero-order valence-corrected chi connectivity index (χ0v) is 18.7. The van der Waals surface area contributed by atoms with Gasteiger partial charge in [0.15, 0.2) is 0 Å². The average molecular weight is 444 g/mol. The lowest BCUT2D eigenvalue weighted by Crippen LogP contribution is -2.22. The summed E-state index contributed by atoms with van der Waals surface area (Å²) in [5.41, 5.74) is 2.51. The first-order valence-electron chi connectivity index (χ1n) is 11.0. The summed E-state index contributed by atoms with van der Waals surface area (Å²) in [5, 5.41) is 36.2. The molecule has 0 bridgehead atoms. The van der Waals surface area contributed by atoms with Crippen LogP contribution in [-0.2, 0) is 17.8 Å². The molecule has 0 saturated carbocycles. The Labute approximate surface area is 188 Å². The van der Waals surface area contributed by atoms with Crippen molar-refractivity contribution in [3.05, 3.63) is 64.5 Å². The molecule has 1 aromatic heterocycles. The second-order valence-corrected chi connectivity index (χ2v) is 8.72. The van der Waals surface area contributed by atoms with Crippen molar-refractivity contribution >= 4 is 21.4 Å². The van der Waals surface area contributed by atoms with Crippen LogP contribution in [-0.4, -0.2) is 41.6 Å². The quantitative estimate of drug-likeness (QED) is 0.275. The van der Waals surface area contributed by atoms with Gasteiger partial charge in [0.2, 0.25) is 0 Å². The van der Waals surface area contributed by atoms with E-state index in [9.17, 15) is 15.3 Å². The van der Waals surface area contributed by atoms with Crippen molar-refractivity contribution < 1.29 is 20.1 Å². The molecule has 4 N–H and O–H groups in total. The van der Waals surface area contributed by atoms with E-state index in [1.807, 2.05) is 0 Å². The van der Waals surface area contributed by atoms with Crippen LogP contribution >= 0.6 is 11.3 Å². The number of aromatic hydroxyl groups is 1. The third-order valence-electron chi connectivity index (χ3n) is 5.44. The van der Waals surface area contributed by atoms with E-state index < -0.39 is 6.10 Å². The first kappa shape index (κ1) is 23.7. The van der Waals surface area contributed by atoms with Crippen LogP contribution in [0.1, 0.15) is 48.5 Å². The van der Waals surface area contributed by atoms with Gasteiger partial charge in [0.05, 0.1) is 19.3 Å². The molecule has 31 heavy (non-hydrogen) atoms. The van der Waals surface area contributed by atoms with Crippen molar-refractivity contribution in [3.8, 4) is 5.75 Å². The van der Waals surface area contributed by atoms with Crippen molar-refractivity contribution in [3.63, 3.8) is 0 Å². The van der Waals surface area contributed by atoms with E-state index in [4.69, 9.17) is 4.74 Å². The van der Waals surface area contributed by atoms with Gasteiger partial charge in [-0.1, -0.05) is 37.1 Å². The fourth-order valence-corrected chi connectivity index (χ4v) is 4.63. The van der Waals surface area contributed by atoms with Gasteiger partial charge >= 0.3 is 0 Å². The molecule has 0 saturated heterocycles. The molecule has 1 atom stereocenters. The van der Waals surface area contributed by atoms with Gasteiger partial charge in [-0.3, -0.25) is 0 Å². The van der Waals surface area contributed by atoms with E-state index in [1.165, 1.54) is 21.7 Å². The van der Waals surface area contributed by atoms with Crippen LogP contribution in [0.15, 0.2) is 47.8 Å². The molecule has 0 aliphatic heterocycles. The molecular weight excluding hydrogens is 410 g/mol. The highest BCUT2D eigenvalue weighted by Gasteiger charge is 2.12. The highest BCUT2D eigenvalue weighted by molar-refractivity contribution is 7.17. The van der Waals surface area contributed by atoms with Crippen molar-refractivity contribution in [2.75, 3.05) is 26.3 Å². The Morgan fingerprint density at radius 2 is 1.84 bits per heavy atom. The lowest BCUT2D eigenvalue weighted by molar-refractivity contribution is 0.133. The number of nitrogens with one attached hydrogen (secondary N) is 1. The maximum atomic E-state index is 10.3. The molecule has 0 radical (unpaired) electrons. The van der Waals surface area contributed by atoms with E-state index >= 15 is 0 Å². The summed E-state index contributed by atoms with van der Waals surface area (Å²) in [7, 11) is 0. The fraction of sp³-hybridized carbons (Fsp3) is 0.440. The van der Waals surface area contributed by atoms with Gasteiger partial charge in [0, 0.05) is 23.4 Å². The predicted octanol–water partition coefficient (Wildman–Crippen LogP) is 4.54. The van der Waals surface area contributed by atoms with Crippen LogP contribution in [0, 0.1) is 0 Å². The summed E-state index contributed by atoms with van der Waals surface area (Å²) in [5.74, 6) is 0.0543. The van der Waals surface area contributed by atoms with Crippen molar-refractivity contribution in [1.29, 1.82) is 0 Å². The summed E-state index contributed by atoms with van der Waals surface area (Å²) in [6.45, 7) is 2.66.